The molecule has 0 aromatic heterocycles. The van der Waals surface area contributed by atoms with Crippen LogP contribution in [0.15, 0.2) is 42.5 Å². The van der Waals surface area contributed by atoms with Gasteiger partial charge in [0.15, 0.2) is 0 Å². The molecule has 1 amide bonds. The first-order valence-electron chi connectivity index (χ1n) is 9.74. The van der Waals surface area contributed by atoms with Crippen LogP contribution in [0.4, 0.5) is 14.5 Å². The summed E-state index contributed by atoms with van der Waals surface area (Å²) in [7, 11) is 0. The molecule has 0 unspecified atom stereocenters. The molecule has 1 saturated carbocycles. The van der Waals surface area contributed by atoms with E-state index in [0.29, 0.717) is 37.7 Å². The molecule has 3 aliphatic rings. The molecule has 1 N–H and O–H groups in total. The summed E-state index contributed by atoms with van der Waals surface area (Å²) in [5.41, 5.74) is 2.34. The molecule has 4 nitrogen and oxygen atoms in total. The topological polar surface area (TPSA) is 41.6 Å². The first kappa shape index (κ1) is 17.6. The van der Waals surface area contributed by atoms with Crippen LogP contribution in [0.25, 0.3) is 0 Å². The van der Waals surface area contributed by atoms with Crippen LogP contribution in [0, 0.1) is 11.6 Å². The molecule has 1 aliphatic carbocycles. The van der Waals surface area contributed by atoms with Crippen molar-refractivity contribution in [3.8, 4) is 0 Å². The van der Waals surface area contributed by atoms with Gasteiger partial charge < -0.3 is 15.0 Å². The maximum Gasteiger partial charge on any atom is 0.249 e. The molecule has 146 valence electrons. The van der Waals surface area contributed by atoms with Crippen molar-refractivity contribution in [1.29, 1.82) is 0 Å². The Kier molecular flexibility index (Phi) is 4.12. The van der Waals surface area contributed by atoms with E-state index in [1.807, 2.05) is 18.2 Å². The summed E-state index contributed by atoms with van der Waals surface area (Å²) in [5.74, 6) is -1.14. The van der Waals surface area contributed by atoms with Gasteiger partial charge in [-0.05, 0) is 37.0 Å². The predicted octanol–water partition coefficient (Wildman–Crippen LogP) is 3.29. The van der Waals surface area contributed by atoms with Crippen LogP contribution in [-0.2, 0) is 21.5 Å². The van der Waals surface area contributed by atoms with Crippen molar-refractivity contribution in [1.82, 2.24) is 5.32 Å². The Morgan fingerprint density at radius 3 is 2.82 bits per heavy atom. The highest BCUT2D eigenvalue weighted by Crippen LogP contribution is 2.47. The summed E-state index contributed by atoms with van der Waals surface area (Å²) in [6.45, 7) is 1.47. The molecule has 2 atom stereocenters. The number of rotatable bonds is 4. The van der Waals surface area contributed by atoms with Crippen LogP contribution >= 0.6 is 0 Å². The number of benzene rings is 2. The highest BCUT2D eigenvalue weighted by atomic mass is 19.1. The highest BCUT2D eigenvalue weighted by Gasteiger charge is 2.50. The van der Waals surface area contributed by atoms with Gasteiger partial charge >= 0.3 is 0 Å². The Morgan fingerprint density at radius 1 is 1.21 bits per heavy atom. The van der Waals surface area contributed by atoms with Crippen molar-refractivity contribution in [3.63, 3.8) is 0 Å². The third kappa shape index (κ3) is 3.05. The second kappa shape index (κ2) is 6.55. The molecule has 2 aliphatic heterocycles. The second-order valence-electron chi connectivity index (χ2n) is 8.18. The highest BCUT2D eigenvalue weighted by molar-refractivity contribution is 5.82. The standard InChI is InChI=1S/C22H22F2N2O2/c23-15-6-5-14(18(24)9-15)11-26-12-22(17-3-1-2-4-19(17)26)10-20(28-13-22)21(27)25-16-7-8-16/h1-6,9,16,20H,7-8,10-13H2,(H,25,27)/t20-,22-/m1/s1. The Labute approximate surface area is 162 Å². The van der Waals surface area contributed by atoms with E-state index in [1.54, 1.807) is 0 Å². The van der Waals surface area contributed by atoms with Gasteiger partial charge in [-0.3, -0.25) is 4.79 Å². The van der Waals surface area contributed by atoms with Crippen LogP contribution in [-0.4, -0.2) is 31.2 Å². The largest absolute Gasteiger partial charge is 0.367 e. The Hall–Kier alpha value is -2.47. The molecule has 5 rings (SSSR count). The molecule has 28 heavy (non-hydrogen) atoms. The molecule has 0 radical (unpaired) electrons. The van der Waals surface area contributed by atoms with Gasteiger partial charge in [-0.25, -0.2) is 8.78 Å². The van der Waals surface area contributed by atoms with E-state index < -0.39 is 17.7 Å². The fourth-order valence-electron chi connectivity index (χ4n) is 4.45. The van der Waals surface area contributed by atoms with Crippen molar-refractivity contribution in [2.24, 2.45) is 0 Å². The maximum absolute atomic E-state index is 14.2. The monoisotopic (exact) mass is 384 g/mol. The number of nitrogens with one attached hydrogen (secondary N) is 1. The van der Waals surface area contributed by atoms with Gasteiger partial charge in [0.2, 0.25) is 5.91 Å². The van der Waals surface area contributed by atoms with Crippen LogP contribution < -0.4 is 10.2 Å². The normalized spacial score (nSPS) is 25.9. The minimum absolute atomic E-state index is 0.0279. The molecule has 1 saturated heterocycles. The van der Waals surface area contributed by atoms with E-state index in [-0.39, 0.29) is 11.3 Å². The zero-order valence-electron chi connectivity index (χ0n) is 15.5. The number of anilines is 1. The lowest BCUT2D eigenvalue weighted by atomic mass is 9.80. The number of carbonyl (C=O) groups is 1. The summed E-state index contributed by atoms with van der Waals surface area (Å²) in [5, 5.41) is 3.03. The van der Waals surface area contributed by atoms with Crippen LogP contribution in [0.3, 0.4) is 0 Å². The van der Waals surface area contributed by atoms with Crippen LogP contribution in [0.2, 0.25) is 0 Å². The molecule has 2 heterocycles. The average Bonchev–Trinajstić information content (AvgIpc) is 3.31. The molecule has 2 aromatic carbocycles. The number of fused-ring (bicyclic) bond motifs is 2. The van der Waals surface area contributed by atoms with Gasteiger partial charge in [0, 0.05) is 41.9 Å². The number of hydrogen-bond acceptors (Lipinski definition) is 3. The maximum atomic E-state index is 14.2. The van der Waals surface area contributed by atoms with Crippen molar-refractivity contribution >= 4 is 11.6 Å². The average molecular weight is 384 g/mol. The minimum atomic E-state index is -0.576. The number of ether oxygens (including phenoxy) is 1. The molecule has 1 spiro atoms. The smallest absolute Gasteiger partial charge is 0.249 e. The summed E-state index contributed by atoms with van der Waals surface area (Å²) in [6.07, 6.45) is 2.26. The molecule has 0 bridgehead atoms. The van der Waals surface area contributed by atoms with E-state index >= 15 is 0 Å². The van der Waals surface area contributed by atoms with Gasteiger partial charge in [-0.1, -0.05) is 24.3 Å². The first-order valence-corrected chi connectivity index (χ1v) is 9.74. The van der Waals surface area contributed by atoms with Gasteiger partial charge in [-0.15, -0.1) is 0 Å². The van der Waals surface area contributed by atoms with E-state index in [9.17, 15) is 13.6 Å². The van der Waals surface area contributed by atoms with Crippen molar-refractivity contribution in [2.75, 3.05) is 18.1 Å². The fourth-order valence-corrected chi connectivity index (χ4v) is 4.45. The lowest BCUT2D eigenvalue weighted by molar-refractivity contribution is -0.130. The molecular weight excluding hydrogens is 362 g/mol. The van der Waals surface area contributed by atoms with E-state index in [1.165, 1.54) is 12.1 Å². The number of nitrogens with zero attached hydrogens (tertiary/aromatic N) is 1. The third-order valence-corrected chi connectivity index (χ3v) is 6.04. The Bertz CT molecular complexity index is 931. The predicted molar refractivity (Wildman–Crippen MR) is 101 cm³/mol. The van der Waals surface area contributed by atoms with E-state index in [2.05, 4.69) is 16.3 Å². The lowest BCUT2D eigenvalue weighted by Crippen LogP contribution is -2.38. The van der Waals surface area contributed by atoms with E-state index in [4.69, 9.17) is 4.74 Å². The minimum Gasteiger partial charge on any atom is -0.367 e. The van der Waals surface area contributed by atoms with Gasteiger partial charge in [0.1, 0.15) is 17.7 Å². The van der Waals surface area contributed by atoms with Crippen molar-refractivity contribution < 1.29 is 18.3 Å². The molecule has 6 heteroatoms. The number of carbonyl (C=O) groups excluding carboxylic acids is 1. The number of amides is 1. The number of halogens is 2. The van der Waals surface area contributed by atoms with Crippen LogP contribution in [0.1, 0.15) is 30.4 Å². The zero-order chi connectivity index (χ0) is 19.3. The quantitative estimate of drug-likeness (QED) is 0.880. The van der Waals surface area contributed by atoms with Crippen LogP contribution in [0.5, 0.6) is 0 Å². The van der Waals surface area contributed by atoms with Crippen molar-refractivity contribution in [2.45, 2.75) is 43.4 Å². The van der Waals surface area contributed by atoms with Crippen molar-refractivity contribution in [3.05, 3.63) is 65.2 Å². The summed E-state index contributed by atoms with van der Waals surface area (Å²) >= 11 is 0. The Morgan fingerprint density at radius 2 is 2.04 bits per heavy atom. The number of para-hydroxylation sites is 1. The molecule has 2 aromatic rings. The van der Waals surface area contributed by atoms with Gasteiger partial charge in [-0.2, -0.15) is 0 Å². The fraction of sp³-hybridized carbons (Fsp3) is 0.409. The Balaban J connectivity index is 1.39. The van der Waals surface area contributed by atoms with Gasteiger partial charge in [0.05, 0.1) is 6.61 Å². The third-order valence-electron chi connectivity index (χ3n) is 6.04. The summed E-state index contributed by atoms with van der Waals surface area (Å²) in [4.78, 5) is 14.6. The van der Waals surface area contributed by atoms with Gasteiger partial charge in [0.25, 0.3) is 0 Å². The summed E-state index contributed by atoms with van der Waals surface area (Å²) in [6, 6.07) is 12.0. The molecular formula is C22H22F2N2O2. The summed E-state index contributed by atoms with van der Waals surface area (Å²) < 4.78 is 33.4. The number of hydrogen-bond donors (Lipinski definition) is 1. The zero-order valence-corrected chi connectivity index (χ0v) is 15.5. The second-order valence-corrected chi connectivity index (χ2v) is 8.18. The SMILES string of the molecule is O=C(NC1CC1)[C@H]1C[C@]2(CO1)CN(Cc1ccc(F)cc1F)c1ccccc12. The first-order chi connectivity index (χ1) is 13.5. The van der Waals surface area contributed by atoms with E-state index in [0.717, 1.165) is 30.2 Å². The lowest BCUT2D eigenvalue weighted by Gasteiger charge is -2.24. The molecule has 2 fully saturated rings.